The molecule has 0 radical (unpaired) electrons. The van der Waals surface area contributed by atoms with E-state index >= 15 is 0 Å². The molecule has 4 nitrogen and oxygen atoms in total. The Hall–Kier alpha value is -2.41. The molecule has 1 aliphatic carbocycles. The van der Waals surface area contributed by atoms with E-state index < -0.39 is 17.7 Å². The van der Waals surface area contributed by atoms with Crippen LogP contribution in [0.1, 0.15) is 48.2 Å². The summed E-state index contributed by atoms with van der Waals surface area (Å²) in [6, 6.07) is 5.47. The van der Waals surface area contributed by atoms with Crippen molar-refractivity contribution in [2.45, 2.75) is 33.1 Å². The molecular formula is C18H19NO3. The number of rotatable bonds is 5. The summed E-state index contributed by atoms with van der Waals surface area (Å²) in [5.74, 6) is 4.16. The molecule has 1 aromatic carbocycles. The SMILES string of the molecule is CC#Cc1ccc2c(c1)CC(C(CCC(C)=O)C(N)=O)C2=O. The van der Waals surface area contributed by atoms with Crippen LogP contribution in [0.3, 0.4) is 0 Å². The van der Waals surface area contributed by atoms with Gasteiger partial charge in [0.05, 0.1) is 0 Å². The van der Waals surface area contributed by atoms with Gasteiger partial charge in [0.2, 0.25) is 5.91 Å². The Balaban J connectivity index is 2.26. The van der Waals surface area contributed by atoms with E-state index in [1.807, 2.05) is 12.1 Å². The van der Waals surface area contributed by atoms with Gasteiger partial charge in [-0.1, -0.05) is 5.92 Å². The predicted octanol–water partition coefficient (Wildman–Crippen LogP) is 1.88. The van der Waals surface area contributed by atoms with Crippen LogP contribution in [0.25, 0.3) is 0 Å². The summed E-state index contributed by atoms with van der Waals surface area (Å²) in [4.78, 5) is 35.4. The molecule has 2 atom stereocenters. The lowest BCUT2D eigenvalue weighted by Crippen LogP contribution is -2.33. The third kappa shape index (κ3) is 3.25. The van der Waals surface area contributed by atoms with Gasteiger partial charge >= 0.3 is 0 Å². The maximum Gasteiger partial charge on any atom is 0.221 e. The first kappa shape index (κ1) is 16.0. The van der Waals surface area contributed by atoms with Gasteiger partial charge in [-0.25, -0.2) is 0 Å². The molecule has 0 aromatic heterocycles. The summed E-state index contributed by atoms with van der Waals surface area (Å²) < 4.78 is 0. The first-order valence-electron chi connectivity index (χ1n) is 7.32. The third-order valence-electron chi connectivity index (χ3n) is 4.08. The van der Waals surface area contributed by atoms with Gasteiger partial charge in [-0.2, -0.15) is 0 Å². The van der Waals surface area contributed by atoms with Crippen LogP contribution in [0.2, 0.25) is 0 Å². The Morgan fingerprint density at radius 1 is 1.41 bits per heavy atom. The van der Waals surface area contributed by atoms with Crippen molar-refractivity contribution in [2.24, 2.45) is 17.6 Å². The number of fused-ring (bicyclic) bond motifs is 1. The highest BCUT2D eigenvalue weighted by Crippen LogP contribution is 2.34. The highest BCUT2D eigenvalue weighted by atomic mass is 16.1. The zero-order chi connectivity index (χ0) is 16.3. The van der Waals surface area contributed by atoms with Crippen LogP contribution in [0.4, 0.5) is 0 Å². The zero-order valence-corrected chi connectivity index (χ0v) is 12.8. The number of hydrogen-bond donors (Lipinski definition) is 1. The fourth-order valence-corrected chi connectivity index (χ4v) is 2.98. The van der Waals surface area contributed by atoms with Gasteiger partial charge in [-0.05, 0) is 50.5 Å². The van der Waals surface area contributed by atoms with E-state index in [9.17, 15) is 14.4 Å². The van der Waals surface area contributed by atoms with Crippen LogP contribution < -0.4 is 5.73 Å². The van der Waals surface area contributed by atoms with Crippen molar-refractivity contribution in [1.82, 2.24) is 0 Å². The smallest absolute Gasteiger partial charge is 0.221 e. The summed E-state index contributed by atoms with van der Waals surface area (Å²) in [6.45, 7) is 3.23. The quantitative estimate of drug-likeness (QED) is 0.843. The van der Waals surface area contributed by atoms with Crippen molar-refractivity contribution in [1.29, 1.82) is 0 Å². The Bertz CT molecular complexity index is 694. The first-order chi connectivity index (χ1) is 10.4. The highest BCUT2D eigenvalue weighted by Gasteiger charge is 2.38. The van der Waals surface area contributed by atoms with E-state index in [2.05, 4.69) is 11.8 Å². The molecule has 1 amide bonds. The van der Waals surface area contributed by atoms with Crippen LogP contribution in [0.5, 0.6) is 0 Å². The number of carbonyl (C=O) groups excluding carboxylic acids is 3. The minimum Gasteiger partial charge on any atom is -0.369 e. The Morgan fingerprint density at radius 3 is 2.73 bits per heavy atom. The van der Waals surface area contributed by atoms with E-state index in [4.69, 9.17) is 5.73 Å². The molecule has 22 heavy (non-hydrogen) atoms. The zero-order valence-electron chi connectivity index (χ0n) is 12.8. The third-order valence-corrected chi connectivity index (χ3v) is 4.08. The minimum absolute atomic E-state index is 0.00489. The molecule has 114 valence electrons. The average Bonchev–Trinajstić information content (AvgIpc) is 2.76. The summed E-state index contributed by atoms with van der Waals surface area (Å²) in [5, 5.41) is 0. The minimum atomic E-state index is -0.593. The van der Waals surface area contributed by atoms with Crippen LogP contribution in [0.15, 0.2) is 18.2 Å². The molecule has 0 heterocycles. The van der Waals surface area contributed by atoms with Crippen molar-refractivity contribution in [3.8, 4) is 11.8 Å². The summed E-state index contributed by atoms with van der Waals surface area (Å²) in [5.41, 5.74) is 7.85. The van der Waals surface area contributed by atoms with Crippen molar-refractivity contribution < 1.29 is 14.4 Å². The van der Waals surface area contributed by atoms with Gasteiger partial charge in [-0.3, -0.25) is 9.59 Å². The number of amides is 1. The van der Waals surface area contributed by atoms with Crippen molar-refractivity contribution in [3.63, 3.8) is 0 Å². The second kappa shape index (κ2) is 6.57. The molecule has 0 spiro atoms. The molecule has 0 bridgehead atoms. The molecule has 0 aliphatic heterocycles. The first-order valence-corrected chi connectivity index (χ1v) is 7.32. The van der Waals surface area contributed by atoms with Gasteiger partial charge < -0.3 is 10.5 Å². The molecule has 0 saturated carbocycles. The molecular weight excluding hydrogens is 278 g/mol. The predicted molar refractivity (Wildman–Crippen MR) is 83.1 cm³/mol. The molecule has 0 saturated heterocycles. The topological polar surface area (TPSA) is 77.2 Å². The normalized spacial score (nSPS) is 17.4. The molecule has 4 heteroatoms. The lowest BCUT2D eigenvalue weighted by Gasteiger charge is -2.18. The number of benzene rings is 1. The molecule has 2 N–H and O–H groups in total. The number of carbonyl (C=O) groups is 3. The number of primary amides is 1. The maximum absolute atomic E-state index is 12.5. The average molecular weight is 297 g/mol. The van der Waals surface area contributed by atoms with Gasteiger partial charge in [0.1, 0.15) is 5.78 Å². The van der Waals surface area contributed by atoms with Gasteiger partial charge in [0.15, 0.2) is 5.78 Å². The maximum atomic E-state index is 12.5. The molecule has 2 rings (SSSR count). The van der Waals surface area contributed by atoms with Crippen molar-refractivity contribution in [3.05, 3.63) is 34.9 Å². The number of Topliss-reactive ketones (excluding diaryl/α,β-unsaturated/α-hetero) is 2. The molecule has 1 aromatic rings. The fraction of sp³-hybridized carbons (Fsp3) is 0.389. The summed E-state index contributed by atoms with van der Waals surface area (Å²) >= 11 is 0. The van der Waals surface area contributed by atoms with Crippen LogP contribution >= 0.6 is 0 Å². The van der Waals surface area contributed by atoms with Crippen LogP contribution in [-0.4, -0.2) is 17.5 Å². The van der Waals surface area contributed by atoms with E-state index in [0.717, 1.165) is 11.1 Å². The Kier molecular flexibility index (Phi) is 4.77. The molecule has 1 aliphatic rings. The van der Waals surface area contributed by atoms with Gasteiger partial charge in [0.25, 0.3) is 0 Å². The standard InChI is InChI=1S/C18H19NO3/c1-3-4-12-6-8-14-13(9-12)10-16(17(14)21)15(18(19)22)7-5-11(2)20/h6,8-9,15-16H,5,7,10H2,1-2H3,(H2,19,22). The largest absolute Gasteiger partial charge is 0.369 e. The van der Waals surface area contributed by atoms with E-state index in [1.54, 1.807) is 13.0 Å². The molecule has 2 unspecified atom stereocenters. The highest BCUT2D eigenvalue weighted by molar-refractivity contribution is 6.04. The fourth-order valence-electron chi connectivity index (χ4n) is 2.98. The molecule has 0 fully saturated rings. The van der Waals surface area contributed by atoms with Crippen LogP contribution in [0, 0.1) is 23.7 Å². The van der Waals surface area contributed by atoms with E-state index in [0.29, 0.717) is 18.4 Å². The second-order valence-corrected chi connectivity index (χ2v) is 5.67. The second-order valence-electron chi connectivity index (χ2n) is 5.67. The Labute approximate surface area is 130 Å². The van der Waals surface area contributed by atoms with Gasteiger partial charge in [-0.15, -0.1) is 5.92 Å². The Morgan fingerprint density at radius 2 is 2.14 bits per heavy atom. The lowest BCUT2D eigenvalue weighted by molar-refractivity contribution is -0.123. The summed E-state index contributed by atoms with van der Waals surface area (Å²) in [6.07, 6.45) is 1.08. The van der Waals surface area contributed by atoms with E-state index in [1.165, 1.54) is 6.92 Å². The number of nitrogens with two attached hydrogens (primary N) is 1. The number of ketones is 2. The van der Waals surface area contributed by atoms with E-state index in [-0.39, 0.29) is 18.0 Å². The monoisotopic (exact) mass is 297 g/mol. The van der Waals surface area contributed by atoms with Crippen molar-refractivity contribution in [2.75, 3.05) is 0 Å². The van der Waals surface area contributed by atoms with Crippen LogP contribution in [-0.2, 0) is 16.0 Å². The number of hydrogen-bond acceptors (Lipinski definition) is 3. The van der Waals surface area contributed by atoms with Crippen molar-refractivity contribution >= 4 is 17.5 Å². The van der Waals surface area contributed by atoms with Gasteiger partial charge in [0, 0.05) is 29.4 Å². The lowest BCUT2D eigenvalue weighted by atomic mass is 9.84. The summed E-state index contributed by atoms with van der Waals surface area (Å²) in [7, 11) is 0.